The number of rotatable bonds is 8. The van der Waals surface area contributed by atoms with Crippen LogP contribution in [0.1, 0.15) is 39.5 Å². The summed E-state index contributed by atoms with van der Waals surface area (Å²) < 4.78 is 11.0. The van der Waals surface area contributed by atoms with E-state index in [1.54, 1.807) is 0 Å². The average Bonchev–Trinajstić information content (AvgIpc) is 2.70. The summed E-state index contributed by atoms with van der Waals surface area (Å²) in [6.45, 7) is 5.17. The van der Waals surface area contributed by atoms with Crippen molar-refractivity contribution in [3.05, 3.63) is 0 Å². The van der Waals surface area contributed by atoms with E-state index in [4.69, 9.17) is 14.6 Å². The second kappa shape index (κ2) is 8.03. The highest BCUT2D eigenvalue weighted by atomic mass is 16.6. The Balaban J connectivity index is 2.31. The molecule has 1 aliphatic rings. The second-order valence-electron chi connectivity index (χ2n) is 4.84. The summed E-state index contributed by atoms with van der Waals surface area (Å²) in [5.41, 5.74) is 0. The van der Waals surface area contributed by atoms with Crippen molar-refractivity contribution < 1.29 is 19.7 Å². The molecule has 0 aliphatic carbocycles. The summed E-state index contributed by atoms with van der Waals surface area (Å²) in [5.74, 6) is 0.544. The molecule has 2 N–H and O–H groups in total. The van der Waals surface area contributed by atoms with E-state index >= 15 is 0 Å². The first-order valence-corrected chi connectivity index (χ1v) is 6.75. The molecule has 4 heteroatoms. The molecule has 4 atom stereocenters. The number of aliphatic hydroxyl groups excluding tert-OH is 2. The summed E-state index contributed by atoms with van der Waals surface area (Å²) in [5, 5.41) is 18.8. The minimum atomic E-state index is -0.601. The largest absolute Gasteiger partial charge is 0.394 e. The highest BCUT2D eigenvalue weighted by molar-refractivity contribution is 4.84. The van der Waals surface area contributed by atoms with Gasteiger partial charge in [-0.3, -0.25) is 0 Å². The maximum atomic E-state index is 9.69. The Labute approximate surface area is 104 Å². The third-order valence-corrected chi connectivity index (χ3v) is 3.47. The van der Waals surface area contributed by atoms with Gasteiger partial charge in [0.05, 0.1) is 19.8 Å². The molecule has 4 nitrogen and oxygen atoms in total. The number of aliphatic hydroxyl groups is 2. The molecule has 1 heterocycles. The van der Waals surface area contributed by atoms with E-state index < -0.39 is 6.10 Å². The highest BCUT2D eigenvalue weighted by Gasteiger charge is 2.36. The lowest BCUT2D eigenvalue weighted by Gasteiger charge is -2.22. The van der Waals surface area contributed by atoms with Crippen LogP contribution in [-0.2, 0) is 9.47 Å². The van der Waals surface area contributed by atoms with Crippen LogP contribution in [0, 0.1) is 5.92 Å². The van der Waals surface area contributed by atoms with Gasteiger partial charge in [-0.15, -0.1) is 0 Å². The normalized spacial score (nSPS) is 30.7. The number of unbranched alkanes of at least 4 members (excludes halogenated alkanes) is 1. The molecule has 1 rings (SSSR count). The van der Waals surface area contributed by atoms with Crippen molar-refractivity contribution in [2.24, 2.45) is 5.92 Å². The standard InChI is InChI=1S/C13H26O4/c1-3-5-6-10(4-2)8-17-13-11(15)9-16-12(13)7-14/h10-15H,3-9H2,1-2H3/t10?,11-,12+,13-/m1/s1. The van der Waals surface area contributed by atoms with Gasteiger partial charge in [0.15, 0.2) is 0 Å². The van der Waals surface area contributed by atoms with Crippen molar-refractivity contribution >= 4 is 0 Å². The van der Waals surface area contributed by atoms with Gasteiger partial charge in [0.2, 0.25) is 0 Å². The summed E-state index contributed by atoms with van der Waals surface area (Å²) in [4.78, 5) is 0. The van der Waals surface area contributed by atoms with Crippen molar-refractivity contribution in [1.29, 1.82) is 0 Å². The average molecular weight is 246 g/mol. The number of ether oxygens (including phenoxy) is 2. The van der Waals surface area contributed by atoms with Crippen LogP contribution in [0.2, 0.25) is 0 Å². The smallest absolute Gasteiger partial charge is 0.114 e. The molecule has 0 aromatic rings. The predicted molar refractivity (Wildman–Crippen MR) is 65.9 cm³/mol. The minimum absolute atomic E-state index is 0.0898. The van der Waals surface area contributed by atoms with Crippen LogP contribution in [-0.4, -0.2) is 48.3 Å². The Hall–Kier alpha value is -0.160. The summed E-state index contributed by atoms with van der Waals surface area (Å²) in [6, 6.07) is 0. The van der Waals surface area contributed by atoms with Crippen molar-refractivity contribution in [2.45, 2.75) is 57.8 Å². The molecule has 102 valence electrons. The summed E-state index contributed by atoms with van der Waals surface area (Å²) in [6.07, 6.45) is 3.34. The molecule has 1 unspecified atom stereocenters. The molecule has 1 aliphatic heterocycles. The third kappa shape index (κ3) is 4.54. The Bertz CT molecular complexity index is 198. The van der Waals surface area contributed by atoms with Gasteiger partial charge >= 0.3 is 0 Å². The van der Waals surface area contributed by atoms with Gasteiger partial charge in [0, 0.05) is 0 Å². The lowest BCUT2D eigenvalue weighted by Crippen LogP contribution is -2.36. The third-order valence-electron chi connectivity index (χ3n) is 3.47. The zero-order valence-corrected chi connectivity index (χ0v) is 11.0. The van der Waals surface area contributed by atoms with Gasteiger partial charge in [-0.2, -0.15) is 0 Å². The first-order chi connectivity index (χ1) is 8.22. The van der Waals surface area contributed by atoms with E-state index in [0.717, 1.165) is 6.42 Å². The fourth-order valence-corrected chi connectivity index (χ4v) is 2.18. The first-order valence-electron chi connectivity index (χ1n) is 6.75. The van der Waals surface area contributed by atoms with Crippen molar-refractivity contribution in [3.63, 3.8) is 0 Å². The van der Waals surface area contributed by atoms with E-state index in [9.17, 15) is 5.11 Å². The maximum Gasteiger partial charge on any atom is 0.114 e. The molecule has 0 amide bonds. The van der Waals surface area contributed by atoms with Crippen LogP contribution >= 0.6 is 0 Å². The SMILES string of the molecule is CCCCC(CC)CO[C@@H]1[C@H](O)CO[C@H]1CO. The first kappa shape index (κ1) is 14.9. The Morgan fingerprint density at radius 3 is 2.76 bits per heavy atom. The highest BCUT2D eigenvalue weighted by Crippen LogP contribution is 2.20. The molecule has 0 aromatic heterocycles. The van der Waals surface area contributed by atoms with E-state index in [1.165, 1.54) is 19.3 Å². The quantitative estimate of drug-likeness (QED) is 0.678. The molecular formula is C13H26O4. The fraction of sp³-hybridized carbons (Fsp3) is 1.00. The van der Waals surface area contributed by atoms with Gasteiger partial charge in [-0.05, 0) is 12.3 Å². The minimum Gasteiger partial charge on any atom is -0.394 e. The second-order valence-corrected chi connectivity index (χ2v) is 4.84. The Kier molecular flexibility index (Phi) is 7.04. The number of hydrogen-bond donors (Lipinski definition) is 2. The molecular weight excluding hydrogens is 220 g/mol. The monoisotopic (exact) mass is 246 g/mol. The van der Waals surface area contributed by atoms with Crippen LogP contribution < -0.4 is 0 Å². The Morgan fingerprint density at radius 1 is 1.41 bits per heavy atom. The van der Waals surface area contributed by atoms with E-state index in [0.29, 0.717) is 12.5 Å². The van der Waals surface area contributed by atoms with E-state index in [1.807, 2.05) is 0 Å². The van der Waals surface area contributed by atoms with Crippen molar-refractivity contribution in [2.75, 3.05) is 19.8 Å². The molecule has 0 spiro atoms. The van der Waals surface area contributed by atoms with Crippen molar-refractivity contribution in [1.82, 2.24) is 0 Å². The molecule has 0 aromatic carbocycles. The molecule has 0 saturated carbocycles. The maximum absolute atomic E-state index is 9.69. The summed E-state index contributed by atoms with van der Waals surface area (Å²) >= 11 is 0. The zero-order valence-electron chi connectivity index (χ0n) is 11.0. The lowest BCUT2D eigenvalue weighted by molar-refractivity contribution is -0.0645. The van der Waals surface area contributed by atoms with Gasteiger partial charge in [-0.25, -0.2) is 0 Å². The lowest BCUT2D eigenvalue weighted by atomic mass is 10.0. The van der Waals surface area contributed by atoms with Crippen LogP contribution in [0.15, 0.2) is 0 Å². The fourth-order valence-electron chi connectivity index (χ4n) is 2.18. The topological polar surface area (TPSA) is 58.9 Å². The van der Waals surface area contributed by atoms with Crippen LogP contribution in [0.3, 0.4) is 0 Å². The van der Waals surface area contributed by atoms with Crippen molar-refractivity contribution in [3.8, 4) is 0 Å². The number of hydrogen-bond acceptors (Lipinski definition) is 4. The molecule has 0 radical (unpaired) electrons. The molecule has 0 bridgehead atoms. The van der Waals surface area contributed by atoms with Gasteiger partial charge < -0.3 is 19.7 Å². The van der Waals surface area contributed by atoms with E-state index in [-0.39, 0.29) is 25.4 Å². The predicted octanol–water partition coefficient (Wildman–Crippen LogP) is 1.34. The van der Waals surface area contributed by atoms with Gasteiger partial charge in [-0.1, -0.05) is 33.1 Å². The van der Waals surface area contributed by atoms with Crippen LogP contribution in [0.4, 0.5) is 0 Å². The zero-order chi connectivity index (χ0) is 12.7. The van der Waals surface area contributed by atoms with Gasteiger partial charge in [0.25, 0.3) is 0 Å². The van der Waals surface area contributed by atoms with E-state index in [2.05, 4.69) is 13.8 Å². The molecule has 17 heavy (non-hydrogen) atoms. The van der Waals surface area contributed by atoms with Crippen LogP contribution in [0.5, 0.6) is 0 Å². The molecule has 1 saturated heterocycles. The molecule has 1 fully saturated rings. The summed E-state index contributed by atoms with van der Waals surface area (Å²) in [7, 11) is 0. The van der Waals surface area contributed by atoms with Crippen LogP contribution in [0.25, 0.3) is 0 Å². The Morgan fingerprint density at radius 2 is 2.18 bits per heavy atom. The van der Waals surface area contributed by atoms with Gasteiger partial charge in [0.1, 0.15) is 18.3 Å².